The van der Waals surface area contributed by atoms with E-state index in [1.165, 1.54) is 6.42 Å². The van der Waals surface area contributed by atoms with Crippen LogP contribution >= 0.6 is 0 Å². The lowest BCUT2D eigenvalue weighted by molar-refractivity contribution is 0.367. The highest BCUT2D eigenvalue weighted by Gasteiger charge is 2.13. The molecule has 0 aliphatic carbocycles. The molecule has 0 atom stereocenters. The van der Waals surface area contributed by atoms with Crippen molar-refractivity contribution in [3.63, 3.8) is 0 Å². The molecule has 0 spiro atoms. The maximum Gasteiger partial charge on any atom is -0.0175 e. The Kier molecular flexibility index (Phi) is 7.39. The number of allylic oxidation sites excluding steroid dienone is 1. The molecule has 0 saturated heterocycles. The molecule has 0 amide bonds. The summed E-state index contributed by atoms with van der Waals surface area (Å²) in [7, 11) is 0. The fourth-order valence-electron chi connectivity index (χ4n) is 1.14. The summed E-state index contributed by atoms with van der Waals surface area (Å²) in [5, 5.41) is 0. The Morgan fingerprint density at radius 3 is 1.73 bits per heavy atom. The van der Waals surface area contributed by atoms with Gasteiger partial charge in [0, 0.05) is 0 Å². The van der Waals surface area contributed by atoms with E-state index in [9.17, 15) is 0 Å². The Labute approximate surface area is 72.0 Å². The highest BCUT2D eigenvalue weighted by atomic mass is 14.2. The maximum absolute atomic E-state index is 3.79. The van der Waals surface area contributed by atoms with Gasteiger partial charge in [0.25, 0.3) is 0 Å². The van der Waals surface area contributed by atoms with Gasteiger partial charge in [0.1, 0.15) is 0 Å². The zero-order valence-corrected chi connectivity index (χ0v) is 8.48. The largest absolute Gasteiger partial charge is 0.106 e. The zero-order valence-electron chi connectivity index (χ0n) is 8.48. The van der Waals surface area contributed by atoms with Gasteiger partial charge < -0.3 is 0 Å². The molecule has 0 bridgehead atoms. The molecule has 0 aliphatic heterocycles. The van der Waals surface area contributed by atoms with Gasteiger partial charge >= 0.3 is 0 Å². The van der Waals surface area contributed by atoms with E-state index in [-0.39, 0.29) is 0 Å². The van der Waals surface area contributed by atoms with Crippen molar-refractivity contribution in [3.8, 4) is 0 Å². The smallest absolute Gasteiger partial charge is 0.0175 e. The fraction of sp³-hybridized carbons (Fsp3) is 0.636. The van der Waals surface area contributed by atoms with Crippen LogP contribution in [0.3, 0.4) is 0 Å². The van der Waals surface area contributed by atoms with Crippen molar-refractivity contribution in [1.29, 1.82) is 0 Å². The van der Waals surface area contributed by atoms with Crippen molar-refractivity contribution < 1.29 is 0 Å². The van der Waals surface area contributed by atoms with Crippen LogP contribution in [0.25, 0.3) is 0 Å². The van der Waals surface area contributed by atoms with E-state index in [0.29, 0.717) is 5.41 Å². The van der Waals surface area contributed by atoms with Crippen LogP contribution in [0.4, 0.5) is 0 Å². The standard InChI is InChI=1S/C9H18.C2H4/c1-6-9(4,5)7-8(2)3;1-2/h6,8H,1,7H2,2-5H3;1-2H2. The summed E-state index contributed by atoms with van der Waals surface area (Å²) in [6.45, 7) is 18.7. The third-order valence-electron chi connectivity index (χ3n) is 1.49. The minimum atomic E-state index is 0.328. The topological polar surface area (TPSA) is 0 Å². The van der Waals surface area contributed by atoms with Crippen molar-refractivity contribution in [2.75, 3.05) is 0 Å². The third-order valence-corrected chi connectivity index (χ3v) is 1.49. The minimum Gasteiger partial charge on any atom is -0.106 e. The Balaban J connectivity index is 0. The van der Waals surface area contributed by atoms with Crippen molar-refractivity contribution in [2.24, 2.45) is 11.3 Å². The van der Waals surface area contributed by atoms with Gasteiger partial charge in [0.15, 0.2) is 0 Å². The Morgan fingerprint density at radius 1 is 1.27 bits per heavy atom. The van der Waals surface area contributed by atoms with E-state index in [1.54, 1.807) is 0 Å². The second kappa shape index (κ2) is 6.21. The van der Waals surface area contributed by atoms with E-state index in [1.807, 2.05) is 6.08 Å². The summed E-state index contributed by atoms with van der Waals surface area (Å²) < 4.78 is 0. The Hall–Kier alpha value is -0.520. The predicted octanol–water partition coefficient (Wildman–Crippen LogP) is 4.05. The van der Waals surface area contributed by atoms with Gasteiger partial charge in [0.05, 0.1) is 0 Å². The predicted molar refractivity (Wildman–Crippen MR) is 54.7 cm³/mol. The second-order valence-corrected chi connectivity index (χ2v) is 3.79. The van der Waals surface area contributed by atoms with Crippen LogP contribution in [0.15, 0.2) is 25.8 Å². The molecule has 0 saturated carbocycles. The summed E-state index contributed by atoms with van der Waals surface area (Å²) in [6, 6.07) is 0. The number of hydrogen-bond acceptors (Lipinski definition) is 0. The van der Waals surface area contributed by atoms with Crippen LogP contribution in [0.5, 0.6) is 0 Å². The normalized spacial score (nSPS) is 10.3. The van der Waals surface area contributed by atoms with Gasteiger partial charge in [-0.2, -0.15) is 0 Å². The molecule has 0 fully saturated rings. The molecule has 0 unspecified atom stereocenters. The average molecular weight is 154 g/mol. The first kappa shape index (κ1) is 13.1. The molecule has 0 heteroatoms. The molecular weight excluding hydrogens is 132 g/mol. The first-order valence-corrected chi connectivity index (χ1v) is 4.11. The summed E-state index contributed by atoms with van der Waals surface area (Å²) in [5.74, 6) is 0.776. The Bertz CT molecular complexity index is 98.6. The zero-order chi connectivity index (χ0) is 9.49. The minimum absolute atomic E-state index is 0.328. The van der Waals surface area contributed by atoms with E-state index in [4.69, 9.17) is 0 Å². The van der Waals surface area contributed by atoms with Crippen LogP contribution in [0.1, 0.15) is 34.1 Å². The summed E-state index contributed by atoms with van der Waals surface area (Å²) in [6.07, 6.45) is 3.27. The van der Waals surface area contributed by atoms with E-state index >= 15 is 0 Å². The molecule has 0 nitrogen and oxygen atoms in total. The maximum atomic E-state index is 3.79. The molecular formula is C11H22. The lowest BCUT2D eigenvalue weighted by atomic mass is 9.84. The lowest BCUT2D eigenvalue weighted by Crippen LogP contribution is -2.09. The van der Waals surface area contributed by atoms with Gasteiger partial charge in [-0.25, -0.2) is 0 Å². The van der Waals surface area contributed by atoms with Crippen LogP contribution in [-0.2, 0) is 0 Å². The van der Waals surface area contributed by atoms with E-state index in [2.05, 4.69) is 47.4 Å². The summed E-state index contributed by atoms with van der Waals surface area (Å²) >= 11 is 0. The second-order valence-electron chi connectivity index (χ2n) is 3.79. The highest BCUT2D eigenvalue weighted by Crippen LogP contribution is 2.25. The fourth-order valence-corrected chi connectivity index (χ4v) is 1.14. The molecule has 0 aromatic heterocycles. The molecule has 0 aromatic carbocycles. The van der Waals surface area contributed by atoms with Crippen LogP contribution < -0.4 is 0 Å². The molecule has 11 heavy (non-hydrogen) atoms. The van der Waals surface area contributed by atoms with Crippen molar-refractivity contribution in [3.05, 3.63) is 25.8 Å². The molecule has 0 N–H and O–H groups in total. The molecule has 0 heterocycles. The molecule has 0 aliphatic rings. The molecule has 0 radical (unpaired) electrons. The molecule has 66 valence electrons. The van der Waals surface area contributed by atoms with Gasteiger partial charge in [-0.15, -0.1) is 19.7 Å². The summed E-state index contributed by atoms with van der Waals surface area (Å²) in [5.41, 5.74) is 0.328. The van der Waals surface area contributed by atoms with Crippen LogP contribution in [0.2, 0.25) is 0 Å². The first-order chi connectivity index (χ1) is 4.98. The highest BCUT2D eigenvalue weighted by molar-refractivity contribution is 4.87. The van der Waals surface area contributed by atoms with Gasteiger partial charge in [-0.05, 0) is 17.8 Å². The monoisotopic (exact) mass is 154 g/mol. The van der Waals surface area contributed by atoms with Crippen LogP contribution in [-0.4, -0.2) is 0 Å². The number of rotatable bonds is 3. The lowest BCUT2D eigenvalue weighted by Gasteiger charge is -2.21. The van der Waals surface area contributed by atoms with Crippen LogP contribution in [0, 0.1) is 11.3 Å². The first-order valence-electron chi connectivity index (χ1n) is 4.11. The number of hydrogen-bond donors (Lipinski definition) is 0. The van der Waals surface area contributed by atoms with Crippen molar-refractivity contribution in [2.45, 2.75) is 34.1 Å². The molecule has 0 aromatic rings. The average Bonchev–Trinajstić information content (AvgIpc) is 1.90. The third kappa shape index (κ3) is 9.48. The van der Waals surface area contributed by atoms with Gasteiger partial charge in [-0.1, -0.05) is 33.8 Å². The van der Waals surface area contributed by atoms with E-state index < -0.39 is 0 Å². The Morgan fingerprint density at radius 2 is 1.64 bits per heavy atom. The summed E-state index contributed by atoms with van der Waals surface area (Å²) in [4.78, 5) is 0. The quantitative estimate of drug-likeness (QED) is 0.538. The van der Waals surface area contributed by atoms with E-state index in [0.717, 1.165) is 5.92 Å². The van der Waals surface area contributed by atoms with Crippen molar-refractivity contribution >= 4 is 0 Å². The van der Waals surface area contributed by atoms with Crippen molar-refractivity contribution in [1.82, 2.24) is 0 Å². The van der Waals surface area contributed by atoms with Gasteiger partial charge in [0.2, 0.25) is 0 Å². The SMILES string of the molecule is C=C.C=CC(C)(C)CC(C)C. The molecule has 0 rings (SSSR count). The van der Waals surface area contributed by atoms with Gasteiger partial charge in [-0.3, -0.25) is 0 Å².